The first-order valence-corrected chi connectivity index (χ1v) is 6.31. The fourth-order valence-corrected chi connectivity index (χ4v) is 1.79. The molecule has 0 saturated heterocycles. The van der Waals surface area contributed by atoms with Crippen molar-refractivity contribution in [2.75, 3.05) is 0 Å². The molecule has 2 rings (SSSR count). The molecule has 1 aromatic heterocycles. The standard InChI is InChI=1S/C14H13F3N2O2/c1-9(20)5-6-13-18-12(19-21-13)8-10-3-2-4-11(7-10)14(15,16)17/h2-4,7H,5-6,8H2,1H3. The molecule has 0 spiro atoms. The number of rotatable bonds is 5. The molecule has 0 N–H and O–H groups in total. The van der Waals surface area contributed by atoms with Gasteiger partial charge < -0.3 is 9.32 Å². The Labute approximate surface area is 119 Å². The lowest BCUT2D eigenvalue weighted by molar-refractivity contribution is -0.137. The van der Waals surface area contributed by atoms with Gasteiger partial charge in [0.2, 0.25) is 5.89 Å². The number of carbonyl (C=O) groups excluding carboxylic acids is 1. The van der Waals surface area contributed by atoms with Crippen LogP contribution in [-0.2, 0) is 23.8 Å². The van der Waals surface area contributed by atoms with Gasteiger partial charge in [0.1, 0.15) is 5.78 Å². The summed E-state index contributed by atoms with van der Waals surface area (Å²) in [5.41, 5.74) is -0.260. The molecular weight excluding hydrogens is 285 g/mol. The second-order valence-corrected chi connectivity index (χ2v) is 4.68. The van der Waals surface area contributed by atoms with Crippen LogP contribution in [0, 0.1) is 0 Å². The molecule has 1 heterocycles. The van der Waals surface area contributed by atoms with Gasteiger partial charge in [-0.1, -0.05) is 23.4 Å². The van der Waals surface area contributed by atoms with Crippen molar-refractivity contribution >= 4 is 5.78 Å². The second kappa shape index (κ2) is 6.07. The fourth-order valence-electron chi connectivity index (χ4n) is 1.79. The molecule has 2 aromatic rings. The van der Waals surface area contributed by atoms with Gasteiger partial charge in [0.25, 0.3) is 0 Å². The molecular formula is C14H13F3N2O2. The molecule has 21 heavy (non-hydrogen) atoms. The number of ketones is 1. The van der Waals surface area contributed by atoms with E-state index in [4.69, 9.17) is 4.52 Å². The minimum Gasteiger partial charge on any atom is -0.339 e. The molecule has 0 atom stereocenters. The number of carbonyl (C=O) groups is 1. The van der Waals surface area contributed by atoms with Crippen LogP contribution in [0.1, 0.15) is 36.2 Å². The zero-order chi connectivity index (χ0) is 15.5. The lowest BCUT2D eigenvalue weighted by Gasteiger charge is -2.07. The predicted molar refractivity (Wildman–Crippen MR) is 67.6 cm³/mol. The summed E-state index contributed by atoms with van der Waals surface area (Å²) in [6, 6.07) is 4.99. The van der Waals surface area contributed by atoms with Crippen molar-refractivity contribution in [3.05, 3.63) is 47.1 Å². The van der Waals surface area contributed by atoms with Crippen LogP contribution in [-0.4, -0.2) is 15.9 Å². The first-order chi connectivity index (χ1) is 9.84. The highest BCUT2D eigenvalue weighted by Crippen LogP contribution is 2.29. The Balaban J connectivity index is 2.07. The van der Waals surface area contributed by atoms with Gasteiger partial charge in [-0.3, -0.25) is 0 Å². The van der Waals surface area contributed by atoms with E-state index >= 15 is 0 Å². The van der Waals surface area contributed by atoms with Crippen molar-refractivity contribution < 1.29 is 22.5 Å². The van der Waals surface area contributed by atoms with E-state index in [-0.39, 0.29) is 12.2 Å². The second-order valence-electron chi connectivity index (χ2n) is 4.68. The Bertz CT molecular complexity index is 635. The van der Waals surface area contributed by atoms with Crippen LogP contribution in [0.5, 0.6) is 0 Å². The van der Waals surface area contributed by atoms with Gasteiger partial charge in [0, 0.05) is 19.3 Å². The van der Waals surface area contributed by atoms with E-state index in [1.165, 1.54) is 13.0 Å². The third kappa shape index (κ3) is 4.40. The first-order valence-electron chi connectivity index (χ1n) is 6.31. The summed E-state index contributed by atoms with van der Waals surface area (Å²) in [5, 5.41) is 3.70. The summed E-state index contributed by atoms with van der Waals surface area (Å²) in [5.74, 6) is 0.618. The fraction of sp³-hybridized carbons (Fsp3) is 0.357. The number of hydrogen-bond acceptors (Lipinski definition) is 4. The zero-order valence-electron chi connectivity index (χ0n) is 11.3. The quantitative estimate of drug-likeness (QED) is 0.850. The zero-order valence-corrected chi connectivity index (χ0v) is 11.3. The molecule has 0 saturated carbocycles. The normalized spacial score (nSPS) is 11.6. The van der Waals surface area contributed by atoms with Crippen LogP contribution in [0.25, 0.3) is 0 Å². The van der Waals surface area contributed by atoms with E-state index in [0.717, 1.165) is 12.1 Å². The van der Waals surface area contributed by atoms with Gasteiger partial charge in [0.15, 0.2) is 5.82 Å². The van der Waals surface area contributed by atoms with E-state index in [1.807, 2.05) is 0 Å². The third-order valence-corrected chi connectivity index (χ3v) is 2.82. The maximum Gasteiger partial charge on any atom is 0.416 e. The maximum atomic E-state index is 12.6. The van der Waals surface area contributed by atoms with Crippen LogP contribution < -0.4 is 0 Å². The van der Waals surface area contributed by atoms with Crippen LogP contribution in [0.2, 0.25) is 0 Å². The Morgan fingerprint density at radius 3 is 2.76 bits per heavy atom. The molecule has 0 aliphatic carbocycles. The minimum absolute atomic E-state index is 0.00706. The number of nitrogens with zero attached hydrogens (tertiary/aromatic N) is 2. The molecule has 0 aliphatic rings. The van der Waals surface area contributed by atoms with Gasteiger partial charge in [-0.15, -0.1) is 0 Å². The summed E-state index contributed by atoms with van der Waals surface area (Å²) in [6.45, 7) is 1.46. The largest absolute Gasteiger partial charge is 0.416 e. The number of halogens is 3. The van der Waals surface area contributed by atoms with Gasteiger partial charge in [-0.25, -0.2) is 0 Å². The van der Waals surface area contributed by atoms with Crippen LogP contribution in [0.3, 0.4) is 0 Å². The summed E-state index contributed by atoms with van der Waals surface area (Å²) in [7, 11) is 0. The molecule has 0 unspecified atom stereocenters. The van der Waals surface area contributed by atoms with Crippen LogP contribution in [0.15, 0.2) is 28.8 Å². The monoisotopic (exact) mass is 298 g/mol. The average Bonchev–Trinajstić information content (AvgIpc) is 2.83. The van der Waals surface area contributed by atoms with E-state index in [0.29, 0.717) is 30.1 Å². The number of aromatic nitrogens is 2. The molecule has 4 nitrogen and oxygen atoms in total. The van der Waals surface area contributed by atoms with Gasteiger partial charge in [-0.05, 0) is 18.6 Å². The average molecular weight is 298 g/mol. The number of benzene rings is 1. The van der Waals surface area contributed by atoms with Crippen molar-refractivity contribution in [3.8, 4) is 0 Å². The van der Waals surface area contributed by atoms with Crippen LogP contribution >= 0.6 is 0 Å². The Kier molecular flexibility index (Phi) is 4.40. The SMILES string of the molecule is CC(=O)CCc1nc(Cc2cccc(C(F)(F)F)c2)no1. The summed E-state index contributed by atoms with van der Waals surface area (Å²) in [6.07, 6.45) is -3.59. The number of aryl methyl sites for hydroxylation is 1. The molecule has 0 aliphatic heterocycles. The summed E-state index contributed by atoms with van der Waals surface area (Å²) >= 11 is 0. The third-order valence-electron chi connectivity index (χ3n) is 2.82. The molecule has 7 heteroatoms. The molecule has 112 valence electrons. The minimum atomic E-state index is -4.38. The van der Waals surface area contributed by atoms with Gasteiger partial charge >= 0.3 is 6.18 Å². The van der Waals surface area contributed by atoms with E-state index in [2.05, 4.69) is 10.1 Å². The number of alkyl halides is 3. The molecule has 0 amide bonds. The number of Topliss-reactive ketones (excluding diaryl/α,β-unsaturated/α-hetero) is 1. The van der Waals surface area contributed by atoms with Crippen molar-refractivity contribution in [1.29, 1.82) is 0 Å². The van der Waals surface area contributed by atoms with Crippen molar-refractivity contribution in [3.63, 3.8) is 0 Å². The van der Waals surface area contributed by atoms with Gasteiger partial charge in [0.05, 0.1) is 5.56 Å². The number of hydrogen-bond donors (Lipinski definition) is 0. The summed E-state index contributed by atoms with van der Waals surface area (Å²) < 4.78 is 42.8. The van der Waals surface area contributed by atoms with E-state index in [1.54, 1.807) is 6.07 Å². The Morgan fingerprint density at radius 2 is 2.10 bits per heavy atom. The first kappa shape index (κ1) is 15.2. The highest BCUT2D eigenvalue weighted by molar-refractivity contribution is 5.75. The smallest absolute Gasteiger partial charge is 0.339 e. The summed E-state index contributed by atoms with van der Waals surface area (Å²) in [4.78, 5) is 14.9. The van der Waals surface area contributed by atoms with E-state index < -0.39 is 11.7 Å². The topological polar surface area (TPSA) is 56.0 Å². The van der Waals surface area contributed by atoms with Crippen LogP contribution in [0.4, 0.5) is 13.2 Å². The molecule has 1 aromatic carbocycles. The highest BCUT2D eigenvalue weighted by Gasteiger charge is 2.30. The van der Waals surface area contributed by atoms with Gasteiger partial charge in [-0.2, -0.15) is 18.2 Å². The Morgan fingerprint density at radius 1 is 1.33 bits per heavy atom. The van der Waals surface area contributed by atoms with Crippen molar-refractivity contribution in [2.24, 2.45) is 0 Å². The highest BCUT2D eigenvalue weighted by atomic mass is 19.4. The van der Waals surface area contributed by atoms with E-state index in [9.17, 15) is 18.0 Å². The van der Waals surface area contributed by atoms with Crippen molar-refractivity contribution in [1.82, 2.24) is 10.1 Å². The Hall–Kier alpha value is -2.18. The van der Waals surface area contributed by atoms with Crippen molar-refractivity contribution in [2.45, 2.75) is 32.4 Å². The lowest BCUT2D eigenvalue weighted by Crippen LogP contribution is -2.05. The molecule has 0 fully saturated rings. The maximum absolute atomic E-state index is 12.6. The molecule has 0 bridgehead atoms. The lowest BCUT2D eigenvalue weighted by atomic mass is 10.1. The molecule has 0 radical (unpaired) electrons. The predicted octanol–water partition coefficient (Wildman–Crippen LogP) is 3.20.